The zero-order valence-electron chi connectivity index (χ0n) is 9.74. The van der Waals surface area contributed by atoms with Gasteiger partial charge in [-0.1, -0.05) is 12.8 Å². The summed E-state index contributed by atoms with van der Waals surface area (Å²) in [5.41, 5.74) is 0. The summed E-state index contributed by atoms with van der Waals surface area (Å²) in [4.78, 5) is 12.3. The lowest BCUT2D eigenvalue weighted by atomic mass is 10.2. The number of rotatable bonds is 3. The van der Waals surface area contributed by atoms with Gasteiger partial charge in [0.2, 0.25) is 0 Å². The molecule has 0 saturated heterocycles. The van der Waals surface area contributed by atoms with E-state index in [1.54, 1.807) is 12.1 Å². The van der Waals surface area contributed by atoms with Crippen LogP contribution in [0.4, 0.5) is 13.2 Å². The number of halogens is 3. The summed E-state index contributed by atoms with van der Waals surface area (Å²) in [6.45, 7) is -0.115. The van der Waals surface area contributed by atoms with E-state index in [4.69, 9.17) is 4.42 Å². The van der Waals surface area contributed by atoms with Crippen molar-refractivity contribution in [1.29, 1.82) is 0 Å². The van der Waals surface area contributed by atoms with Gasteiger partial charge in [0.25, 0.3) is 0 Å². The van der Waals surface area contributed by atoms with Gasteiger partial charge < -0.3 is 9.32 Å². The van der Waals surface area contributed by atoms with Crippen LogP contribution in [0.15, 0.2) is 22.8 Å². The molecule has 2 rings (SSSR count). The first-order valence-corrected chi connectivity index (χ1v) is 5.88. The van der Waals surface area contributed by atoms with Crippen LogP contribution < -0.4 is 0 Å². The normalized spacial score (nSPS) is 17.1. The molecule has 0 aliphatic heterocycles. The number of hydrogen-bond acceptors (Lipinski definition) is 2. The average Bonchev–Trinajstić information content (AvgIpc) is 2.96. The summed E-state index contributed by atoms with van der Waals surface area (Å²) in [5.74, 6) is -1.40. The number of nitrogens with zero attached hydrogens (tertiary/aromatic N) is 1. The summed E-state index contributed by atoms with van der Waals surface area (Å²) in [6, 6.07) is 2.84. The summed E-state index contributed by atoms with van der Waals surface area (Å²) in [7, 11) is 0. The molecule has 100 valence electrons. The Morgan fingerprint density at radius 2 is 2.06 bits per heavy atom. The maximum absolute atomic E-state index is 12.6. The van der Waals surface area contributed by atoms with Crippen molar-refractivity contribution in [2.24, 2.45) is 0 Å². The molecule has 0 spiro atoms. The van der Waals surface area contributed by atoms with Gasteiger partial charge in [0.15, 0.2) is 0 Å². The van der Waals surface area contributed by atoms with Crippen LogP contribution in [0.2, 0.25) is 0 Å². The van der Waals surface area contributed by atoms with Crippen LogP contribution in [0.3, 0.4) is 0 Å². The van der Waals surface area contributed by atoms with Crippen LogP contribution in [0.1, 0.15) is 31.4 Å². The van der Waals surface area contributed by atoms with Crippen molar-refractivity contribution < 1.29 is 22.4 Å². The second-order valence-corrected chi connectivity index (χ2v) is 4.45. The van der Waals surface area contributed by atoms with E-state index in [2.05, 4.69) is 0 Å². The Morgan fingerprint density at radius 1 is 1.39 bits per heavy atom. The predicted molar refractivity (Wildman–Crippen MR) is 57.6 cm³/mol. The average molecular weight is 261 g/mol. The first kappa shape index (κ1) is 13.0. The van der Waals surface area contributed by atoms with Crippen molar-refractivity contribution in [3.8, 4) is 0 Å². The Kier molecular flexibility index (Phi) is 3.63. The van der Waals surface area contributed by atoms with Crippen LogP contribution in [0.5, 0.6) is 0 Å². The van der Waals surface area contributed by atoms with E-state index in [9.17, 15) is 18.0 Å². The molecule has 1 aromatic heterocycles. The van der Waals surface area contributed by atoms with Crippen molar-refractivity contribution >= 4 is 5.91 Å². The molecule has 1 aromatic rings. The summed E-state index contributed by atoms with van der Waals surface area (Å²) < 4.78 is 42.7. The zero-order chi connectivity index (χ0) is 13.2. The third-order valence-corrected chi connectivity index (χ3v) is 3.18. The topological polar surface area (TPSA) is 33.5 Å². The van der Waals surface area contributed by atoms with Crippen molar-refractivity contribution in [1.82, 2.24) is 4.90 Å². The third-order valence-electron chi connectivity index (χ3n) is 3.18. The number of carbonyl (C=O) groups excluding carboxylic acids is 1. The molecule has 1 heterocycles. The van der Waals surface area contributed by atoms with Gasteiger partial charge in [-0.2, -0.15) is 13.2 Å². The molecule has 18 heavy (non-hydrogen) atoms. The van der Waals surface area contributed by atoms with E-state index >= 15 is 0 Å². The van der Waals surface area contributed by atoms with Gasteiger partial charge in [-0.3, -0.25) is 4.79 Å². The summed E-state index contributed by atoms with van der Waals surface area (Å²) in [5, 5.41) is 0. The van der Waals surface area contributed by atoms with Gasteiger partial charge in [0.1, 0.15) is 5.76 Å². The smallest absolute Gasteiger partial charge is 0.467 e. The van der Waals surface area contributed by atoms with Crippen LogP contribution in [-0.4, -0.2) is 23.0 Å². The van der Waals surface area contributed by atoms with E-state index in [1.807, 2.05) is 0 Å². The molecule has 1 saturated carbocycles. The quantitative estimate of drug-likeness (QED) is 0.837. The van der Waals surface area contributed by atoms with Gasteiger partial charge in [0.05, 0.1) is 12.8 Å². The Bertz CT molecular complexity index is 394. The molecule has 6 heteroatoms. The lowest BCUT2D eigenvalue weighted by molar-refractivity contribution is -0.188. The molecule has 0 bridgehead atoms. The highest BCUT2D eigenvalue weighted by molar-refractivity contribution is 5.82. The fourth-order valence-electron chi connectivity index (χ4n) is 2.32. The molecular formula is C12H14F3NO2. The lowest BCUT2D eigenvalue weighted by Gasteiger charge is -2.28. The second kappa shape index (κ2) is 5.04. The highest BCUT2D eigenvalue weighted by Crippen LogP contribution is 2.29. The molecule has 0 aromatic carbocycles. The molecule has 3 nitrogen and oxygen atoms in total. The lowest BCUT2D eigenvalue weighted by Crippen LogP contribution is -2.45. The number of furan rings is 1. The fraction of sp³-hybridized carbons (Fsp3) is 0.583. The van der Waals surface area contributed by atoms with Crippen LogP contribution >= 0.6 is 0 Å². The number of amides is 1. The van der Waals surface area contributed by atoms with Crippen LogP contribution in [0, 0.1) is 0 Å². The monoisotopic (exact) mass is 261 g/mol. The molecule has 0 unspecified atom stereocenters. The van der Waals surface area contributed by atoms with Crippen molar-refractivity contribution in [3.05, 3.63) is 24.2 Å². The van der Waals surface area contributed by atoms with Gasteiger partial charge >= 0.3 is 12.1 Å². The van der Waals surface area contributed by atoms with Crippen molar-refractivity contribution in [2.45, 2.75) is 44.4 Å². The minimum absolute atomic E-state index is 0.115. The highest BCUT2D eigenvalue weighted by Gasteiger charge is 2.45. The molecular weight excluding hydrogens is 247 g/mol. The third kappa shape index (κ3) is 2.86. The number of hydrogen-bond donors (Lipinski definition) is 0. The Balaban J connectivity index is 2.14. The second-order valence-electron chi connectivity index (χ2n) is 4.45. The van der Waals surface area contributed by atoms with Crippen molar-refractivity contribution in [2.75, 3.05) is 0 Å². The molecule has 1 aliphatic rings. The van der Waals surface area contributed by atoms with Crippen LogP contribution in [-0.2, 0) is 11.3 Å². The van der Waals surface area contributed by atoms with E-state index in [0.717, 1.165) is 17.7 Å². The maximum atomic E-state index is 12.6. The standard InChI is InChI=1S/C12H14F3NO2/c13-12(14,15)11(17)16(9-4-1-2-5-9)8-10-6-3-7-18-10/h3,6-7,9H,1-2,4-5,8H2. The Morgan fingerprint density at radius 3 is 2.56 bits per heavy atom. The zero-order valence-corrected chi connectivity index (χ0v) is 9.74. The largest absolute Gasteiger partial charge is 0.471 e. The van der Waals surface area contributed by atoms with Gasteiger partial charge in [-0.05, 0) is 25.0 Å². The fourth-order valence-corrected chi connectivity index (χ4v) is 2.32. The number of alkyl halides is 3. The van der Waals surface area contributed by atoms with Crippen molar-refractivity contribution in [3.63, 3.8) is 0 Å². The molecule has 0 atom stereocenters. The minimum atomic E-state index is -4.82. The first-order valence-electron chi connectivity index (χ1n) is 5.88. The molecule has 1 amide bonds. The predicted octanol–water partition coefficient (Wildman–Crippen LogP) is 3.11. The van der Waals surface area contributed by atoms with E-state index in [0.29, 0.717) is 18.6 Å². The Hall–Kier alpha value is -1.46. The van der Waals surface area contributed by atoms with Gasteiger partial charge in [0, 0.05) is 6.04 Å². The van der Waals surface area contributed by atoms with E-state index in [1.165, 1.54) is 6.26 Å². The Labute approximate surface area is 103 Å². The highest BCUT2D eigenvalue weighted by atomic mass is 19.4. The maximum Gasteiger partial charge on any atom is 0.471 e. The van der Waals surface area contributed by atoms with E-state index in [-0.39, 0.29) is 12.6 Å². The molecule has 1 aliphatic carbocycles. The molecule has 0 N–H and O–H groups in total. The summed E-state index contributed by atoms with van der Waals surface area (Å²) >= 11 is 0. The number of carbonyl (C=O) groups is 1. The molecule has 1 fully saturated rings. The SMILES string of the molecule is O=C(N(Cc1ccco1)C1CCCC1)C(F)(F)F. The first-order chi connectivity index (χ1) is 8.48. The minimum Gasteiger partial charge on any atom is -0.467 e. The van der Waals surface area contributed by atoms with Gasteiger partial charge in [-0.25, -0.2) is 0 Å². The van der Waals surface area contributed by atoms with Gasteiger partial charge in [-0.15, -0.1) is 0 Å². The van der Waals surface area contributed by atoms with Crippen LogP contribution in [0.25, 0.3) is 0 Å². The summed E-state index contributed by atoms with van der Waals surface area (Å²) in [6.07, 6.45) is -0.449. The molecule has 0 radical (unpaired) electrons. The van der Waals surface area contributed by atoms with E-state index < -0.39 is 12.1 Å².